The van der Waals surface area contributed by atoms with Crippen LogP contribution in [0.5, 0.6) is 0 Å². The third-order valence-corrected chi connectivity index (χ3v) is 1.77. The summed E-state index contributed by atoms with van der Waals surface area (Å²) in [5.74, 6) is -0.825. The maximum absolute atomic E-state index is 11.5. The van der Waals surface area contributed by atoms with E-state index in [1.807, 2.05) is 5.48 Å². The molecule has 7 nitrogen and oxygen atoms in total. The summed E-state index contributed by atoms with van der Waals surface area (Å²) < 4.78 is 0. The van der Waals surface area contributed by atoms with E-state index >= 15 is 0 Å². The van der Waals surface area contributed by atoms with E-state index in [4.69, 9.17) is 16.3 Å². The number of rotatable bonds is 5. The Morgan fingerprint density at radius 1 is 1.47 bits per heavy atom. The molecule has 0 unspecified atom stereocenters. The van der Waals surface area contributed by atoms with Crippen molar-refractivity contribution < 1.29 is 14.4 Å². The summed E-state index contributed by atoms with van der Waals surface area (Å²) in [5.41, 5.74) is 13.3. The van der Waals surface area contributed by atoms with Crippen LogP contribution in [0.15, 0.2) is 29.3 Å². The smallest absolute Gasteiger partial charge is 0.280 e. The lowest BCUT2D eigenvalue weighted by Gasteiger charge is -2.03. The second kappa shape index (κ2) is 6.23. The second-order valence-corrected chi connectivity index (χ2v) is 3.07. The summed E-state index contributed by atoms with van der Waals surface area (Å²) in [6.07, 6.45) is 0.411. The van der Waals surface area contributed by atoms with Crippen LogP contribution in [0.1, 0.15) is 15.9 Å². The Morgan fingerprint density at radius 2 is 2.24 bits per heavy atom. The highest BCUT2D eigenvalue weighted by molar-refractivity contribution is 6.01. The van der Waals surface area contributed by atoms with Crippen LogP contribution in [0, 0.1) is 0 Å². The number of nitrogens with zero attached hydrogens (tertiary/aromatic N) is 1. The Labute approximate surface area is 97.4 Å². The Morgan fingerprint density at radius 3 is 2.88 bits per heavy atom. The molecule has 0 fully saturated rings. The van der Waals surface area contributed by atoms with Crippen LogP contribution >= 0.6 is 0 Å². The largest absolute Gasteiger partial charge is 0.370 e. The maximum atomic E-state index is 11.5. The topological polar surface area (TPSA) is 120 Å². The van der Waals surface area contributed by atoms with Gasteiger partial charge in [0.15, 0.2) is 5.96 Å². The number of nitrogens with two attached hydrogens (primary N) is 2. The van der Waals surface area contributed by atoms with Crippen molar-refractivity contribution in [3.8, 4) is 0 Å². The minimum Gasteiger partial charge on any atom is -0.370 e. The van der Waals surface area contributed by atoms with Gasteiger partial charge in [-0.3, -0.25) is 14.4 Å². The highest BCUT2D eigenvalue weighted by Gasteiger charge is 2.05. The number of hydrogen-bond acceptors (Lipinski definition) is 3. The molecule has 0 saturated heterocycles. The standard InChI is InChI=1S/C10H12N4O3/c11-10(12)14-9(16)8-3-1-2-7(4-8)5-17-13-6-15/h1-4,6H,5H2,(H,13,15)(H4,11,12,14,16). The molecule has 0 spiro atoms. The van der Waals surface area contributed by atoms with Gasteiger partial charge in [-0.15, -0.1) is 0 Å². The molecule has 1 aromatic rings. The SMILES string of the molecule is NC(N)=NC(=O)c1cccc(CONC=O)c1. The molecule has 0 saturated carbocycles. The molecule has 0 heterocycles. The summed E-state index contributed by atoms with van der Waals surface area (Å²) in [5, 5.41) is 0. The number of carbonyl (C=O) groups excluding carboxylic acids is 2. The average Bonchev–Trinajstić information content (AvgIpc) is 2.29. The molecule has 90 valence electrons. The van der Waals surface area contributed by atoms with Crippen molar-refractivity contribution in [2.24, 2.45) is 16.5 Å². The maximum Gasteiger partial charge on any atom is 0.280 e. The fourth-order valence-corrected chi connectivity index (χ4v) is 1.13. The predicted molar refractivity (Wildman–Crippen MR) is 60.6 cm³/mol. The van der Waals surface area contributed by atoms with Gasteiger partial charge in [0.1, 0.15) is 0 Å². The fourth-order valence-electron chi connectivity index (χ4n) is 1.13. The molecule has 1 rings (SSSR count). The van der Waals surface area contributed by atoms with E-state index in [1.54, 1.807) is 24.3 Å². The lowest BCUT2D eigenvalue weighted by molar-refractivity contribution is -0.121. The molecule has 2 amide bonds. The molecule has 0 aromatic heterocycles. The number of benzene rings is 1. The second-order valence-electron chi connectivity index (χ2n) is 3.07. The molecular formula is C10H12N4O3. The van der Waals surface area contributed by atoms with E-state index in [-0.39, 0.29) is 12.6 Å². The zero-order valence-electron chi connectivity index (χ0n) is 8.92. The Balaban J connectivity index is 2.75. The van der Waals surface area contributed by atoms with E-state index in [9.17, 15) is 9.59 Å². The van der Waals surface area contributed by atoms with Gasteiger partial charge in [-0.1, -0.05) is 12.1 Å². The number of hydrogen-bond donors (Lipinski definition) is 3. The lowest BCUT2D eigenvalue weighted by atomic mass is 10.1. The van der Waals surface area contributed by atoms with Crippen LogP contribution in [-0.4, -0.2) is 18.3 Å². The van der Waals surface area contributed by atoms with Crippen LogP contribution in [0.4, 0.5) is 0 Å². The van der Waals surface area contributed by atoms with Crippen molar-refractivity contribution in [3.05, 3.63) is 35.4 Å². The highest BCUT2D eigenvalue weighted by atomic mass is 16.6. The summed E-state index contributed by atoms with van der Waals surface area (Å²) in [4.78, 5) is 29.6. The van der Waals surface area contributed by atoms with Gasteiger partial charge in [-0.05, 0) is 17.7 Å². The van der Waals surface area contributed by atoms with Crippen LogP contribution in [0.25, 0.3) is 0 Å². The minimum atomic E-state index is -0.532. The number of guanidine groups is 1. The van der Waals surface area contributed by atoms with Gasteiger partial charge >= 0.3 is 0 Å². The quantitative estimate of drug-likeness (QED) is 0.205. The van der Waals surface area contributed by atoms with Gasteiger partial charge in [-0.2, -0.15) is 4.99 Å². The first-order valence-electron chi connectivity index (χ1n) is 4.67. The molecule has 5 N–H and O–H groups in total. The fraction of sp³-hybridized carbons (Fsp3) is 0.100. The van der Waals surface area contributed by atoms with Crippen LogP contribution in [-0.2, 0) is 16.2 Å². The third-order valence-electron chi connectivity index (χ3n) is 1.77. The monoisotopic (exact) mass is 236 g/mol. The van der Waals surface area contributed by atoms with E-state index in [0.717, 1.165) is 0 Å². The number of carbonyl (C=O) groups is 2. The molecule has 0 aliphatic rings. The molecule has 0 radical (unpaired) electrons. The normalized spacial score (nSPS) is 9.41. The van der Waals surface area contributed by atoms with Gasteiger partial charge in [0.05, 0.1) is 6.61 Å². The molecule has 17 heavy (non-hydrogen) atoms. The molecule has 0 atom stereocenters. The minimum absolute atomic E-state index is 0.141. The summed E-state index contributed by atoms with van der Waals surface area (Å²) >= 11 is 0. The molecule has 7 heteroatoms. The number of hydroxylamine groups is 1. The summed E-state index contributed by atoms with van der Waals surface area (Å²) in [7, 11) is 0. The summed E-state index contributed by atoms with van der Waals surface area (Å²) in [6.45, 7) is 0.141. The van der Waals surface area contributed by atoms with E-state index in [2.05, 4.69) is 4.99 Å². The Hall–Kier alpha value is -2.41. The lowest BCUT2D eigenvalue weighted by Crippen LogP contribution is -2.24. The van der Waals surface area contributed by atoms with Crippen molar-refractivity contribution >= 4 is 18.3 Å². The Bertz CT molecular complexity index is 441. The third kappa shape index (κ3) is 4.31. The average molecular weight is 236 g/mol. The van der Waals surface area contributed by atoms with Gasteiger partial charge < -0.3 is 11.5 Å². The van der Waals surface area contributed by atoms with Gasteiger partial charge in [0.2, 0.25) is 6.41 Å². The Kier molecular flexibility index (Phi) is 4.64. The first kappa shape index (κ1) is 12.7. The highest BCUT2D eigenvalue weighted by Crippen LogP contribution is 2.07. The zero-order valence-corrected chi connectivity index (χ0v) is 8.92. The van der Waals surface area contributed by atoms with Crippen molar-refractivity contribution in [2.75, 3.05) is 0 Å². The van der Waals surface area contributed by atoms with Crippen LogP contribution < -0.4 is 16.9 Å². The number of nitrogens with one attached hydrogen (secondary N) is 1. The van der Waals surface area contributed by atoms with Gasteiger partial charge in [0.25, 0.3) is 5.91 Å². The van der Waals surface area contributed by atoms with Crippen LogP contribution in [0.2, 0.25) is 0 Å². The molecule has 0 aliphatic heterocycles. The van der Waals surface area contributed by atoms with Crippen LogP contribution in [0.3, 0.4) is 0 Å². The van der Waals surface area contributed by atoms with E-state index in [1.165, 1.54) is 0 Å². The van der Waals surface area contributed by atoms with Crippen molar-refractivity contribution in [2.45, 2.75) is 6.61 Å². The number of aliphatic imine (C=N–C) groups is 1. The first-order chi connectivity index (χ1) is 8.13. The molecule has 1 aromatic carbocycles. The van der Waals surface area contributed by atoms with Gasteiger partial charge in [-0.25, -0.2) is 5.48 Å². The van der Waals surface area contributed by atoms with E-state index in [0.29, 0.717) is 17.5 Å². The van der Waals surface area contributed by atoms with E-state index < -0.39 is 5.91 Å². The molecule has 0 aliphatic carbocycles. The van der Waals surface area contributed by atoms with Crippen molar-refractivity contribution in [3.63, 3.8) is 0 Å². The number of amides is 2. The van der Waals surface area contributed by atoms with Crippen molar-refractivity contribution in [1.29, 1.82) is 0 Å². The van der Waals surface area contributed by atoms with Gasteiger partial charge in [0, 0.05) is 5.56 Å². The van der Waals surface area contributed by atoms with Crippen molar-refractivity contribution in [1.82, 2.24) is 5.48 Å². The zero-order chi connectivity index (χ0) is 12.7. The first-order valence-corrected chi connectivity index (χ1v) is 4.67. The predicted octanol–water partition coefficient (Wildman–Crippen LogP) is -0.722. The molecular weight excluding hydrogens is 224 g/mol. The molecule has 0 bridgehead atoms. The summed E-state index contributed by atoms with van der Waals surface area (Å²) in [6, 6.07) is 6.54.